The Balaban J connectivity index is 4.54. The van der Waals surface area contributed by atoms with Crippen molar-refractivity contribution in [2.45, 2.75) is 25.8 Å². The predicted octanol–water partition coefficient (Wildman–Crippen LogP) is 2.30. The fourth-order valence-electron chi connectivity index (χ4n) is 1.01. The lowest BCUT2D eigenvalue weighted by molar-refractivity contribution is 0.220. The fraction of sp³-hybridized carbons (Fsp3) is 1.00. The van der Waals surface area contributed by atoms with E-state index in [-0.39, 0.29) is 5.04 Å². The van der Waals surface area contributed by atoms with Crippen molar-refractivity contribution in [3.63, 3.8) is 0 Å². The van der Waals surface area contributed by atoms with Gasteiger partial charge in [0, 0.05) is 19.3 Å². The molecule has 0 unspecified atom stereocenters. The van der Waals surface area contributed by atoms with E-state index in [0.717, 1.165) is 0 Å². The van der Waals surface area contributed by atoms with Gasteiger partial charge in [-0.2, -0.15) is 0 Å². The summed E-state index contributed by atoms with van der Waals surface area (Å²) in [7, 11) is 1.19. The third-order valence-corrected chi connectivity index (χ3v) is 6.99. The topological polar surface area (TPSA) is 18.5 Å². The molecular formula is C7H17ClO2Si. The standard InChI is InChI=1S/C7H17ClO2Si/c1-7(2,3)11(6-8,9-4)10-5/h6H2,1-5H3. The first-order valence-corrected chi connectivity index (χ1v) is 6.15. The van der Waals surface area contributed by atoms with Crippen LogP contribution in [0.4, 0.5) is 0 Å². The van der Waals surface area contributed by atoms with E-state index in [1.165, 1.54) is 0 Å². The highest BCUT2D eigenvalue weighted by Crippen LogP contribution is 2.37. The van der Waals surface area contributed by atoms with Crippen molar-refractivity contribution in [3.8, 4) is 0 Å². The summed E-state index contributed by atoms with van der Waals surface area (Å²) < 4.78 is 10.8. The Labute approximate surface area is 75.1 Å². The van der Waals surface area contributed by atoms with Gasteiger partial charge in [-0.05, 0) is 0 Å². The summed E-state index contributed by atoms with van der Waals surface area (Å²) >= 11 is 5.82. The normalized spacial score (nSPS) is 13.6. The highest BCUT2D eigenvalue weighted by molar-refractivity contribution is 6.77. The molecule has 0 aliphatic rings. The van der Waals surface area contributed by atoms with Gasteiger partial charge in [0.2, 0.25) is 0 Å². The molecule has 0 amide bonds. The van der Waals surface area contributed by atoms with Gasteiger partial charge < -0.3 is 8.85 Å². The van der Waals surface area contributed by atoms with Gasteiger partial charge in [-0.1, -0.05) is 20.8 Å². The minimum Gasteiger partial charge on any atom is -0.397 e. The minimum absolute atomic E-state index is 0.0260. The van der Waals surface area contributed by atoms with Crippen molar-refractivity contribution in [1.82, 2.24) is 0 Å². The van der Waals surface area contributed by atoms with Crippen molar-refractivity contribution in [3.05, 3.63) is 0 Å². The zero-order valence-corrected chi connectivity index (χ0v) is 9.66. The van der Waals surface area contributed by atoms with Crippen LogP contribution < -0.4 is 0 Å². The van der Waals surface area contributed by atoms with Crippen molar-refractivity contribution in [2.24, 2.45) is 0 Å². The molecule has 0 radical (unpaired) electrons. The molecule has 0 aromatic rings. The Morgan fingerprint density at radius 1 is 1.18 bits per heavy atom. The fourth-order valence-corrected chi connectivity index (χ4v) is 4.87. The second kappa shape index (κ2) is 3.89. The molecule has 0 aliphatic heterocycles. The van der Waals surface area contributed by atoms with Crippen LogP contribution in [-0.2, 0) is 8.85 Å². The molecule has 0 bridgehead atoms. The van der Waals surface area contributed by atoms with Crippen LogP contribution in [0, 0.1) is 0 Å². The van der Waals surface area contributed by atoms with Crippen LogP contribution in [-0.4, -0.2) is 28.3 Å². The van der Waals surface area contributed by atoms with E-state index in [1.54, 1.807) is 14.2 Å². The molecule has 0 saturated carbocycles. The van der Waals surface area contributed by atoms with Crippen molar-refractivity contribution < 1.29 is 8.85 Å². The maximum atomic E-state index is 5.82. The lowest BCUT2D eigenvalue weighted by atomic mass is 10.3. The third-order valence-electron chi connectivity index (χ3n) is 1.98. The first kappa shape index (κ1) is 11.4. The third kappa shape index (κ3) is 2.18. The average Bonchev–Trinajstić information content (AvgIpc) is 1.90. The van der Waals surface area contributed by atoms with E-state index in [1.807, 2.05) is 0 Å². The van der Waals surface area contributed by atoms with Gasteiger partial charge in [0.25, 0.3) is 0 Å². The number of hydrogen-bond donors (Lipinski definition) is 0. The summed E-state index contributed by atoms with van der Waals surface area (Å²) in [5.74, 6) is 0. The smallest absolute Gasteiger partial charge is 0.358 e. The van der Waals surface area contributed by atoms with Crippen LogP contribution in [0.15, 0.2) is 0 Å². The molecule has 0 spiro atoms. The van der Waals surface area contributed by atoms with Gasteiger partial charge >= 0.3 is 8.56 Å². The molecule has 0 atom stereocenters. The summed E-state index contributed by atoms with van der Waals surface area (Å²) in [5, 5.41) is 0.0260. The van der Waals surface area contributed by atoms with E-state index in [4.69, 9.17) is 20.5 Å². The molecule has 0 aliphatic carbocycles. The van der Waals surface area contributed by atoms with Gasteiger partial charge in [0.1, 0.15) is 0 Å². The number of rotatable bonds is 3. The molecule has 2 nitrogen and oxygen atoms in total. The molecule has 4 heteroatoms. The van der Waals surface area contributed by atoms with Crippen LogP contribution in [0.25, 0.3) is 0 Å². The summed E-state index contributed by atoms with van der Waals surface area (Å²) in [6.07, 6.45) is 0. The number of halogens is 1. The molecular weight excluding hydrogens is 180 g/mol. The van der Waals surface area contributed by atoms with E-state index in [2.05, 4.69) is 20.8 Å². The summed E-state index contributed by atoms with van der Waals surface area (Å²) in [4.78, 5) is 0. The van der Waals surface area contributed by atoms with Gasteiger partial charge in [-0.25, -0.2) is 0 Å². The lowest BCUT2D eigenvalue weighted by Gasteiger charge is -2.36. The summed E-state index contributed by atoms with van der Waals surface area (Å²) in [6, 6.07) is 0. The molecule has 11 heavy (non-hydrogen) atoms. The molecule has 0 saturated heterocycles. The average molecular weight is 197 g/mol. The van der Waals surface area contributed by atoms with E-state index in [0.29, 0.717) is 5.50 Å². The molecule has 0 aromatic heterocycles. The Morgan fingerprint density at radius 3 is 1.55 bits per heavy atom. The van der Waals surface area contributed by atoms with E-state index in [9.17, 15) is 0 Å². The van der Waals surface area contributed by atoms with Crippen LogP contribution in [0.5, 0.6) is 0 Å². The molecule has 0 N–H and O–H groups in total. The van der Waals surface area contributed by atoms with Gasteiger partial charge in [-0.15, -0.1) is 11.6 Å². The SMILES string of the molecule is CO[Si](CCl)(OC)C(C)(C)C. The summed E-state index contributed by atoms with van der Waals surface area (Å²) in [5.41, 5.74) is 0.476. The van der Waals surface area contributed by atoms with Crippen molar-refractivity contribution in [1.29, 1.82) is 0 Å². The van der Waals surface area contributed by atoms with Crippen LogP contribution in [0.3, 0.4) is 0 Å². The quantitative estimate of drug-likeness (QED) is 0.510. The molecule has 0 fully saturated rings. The highest BCUT2D eigenvalue weighted by Gasteiger charge is 2.47. The van der Waals surface area contributed by atoms with Gasteiger partial charge in [-0.3, -0.25) is 0 Å². The molecule has 0 rings (SSSR count). The lowest BCUT2D eigenvalue weighted by Crippen LogP contribution is -2.51. The summed E-state index contributed by atoms with van der Waals surface area (Å²) in [6.45, 7) is 6.28. The minimum atomic E-state index is -2.15. The second-order valence-electron chi connectivity index (χ2n) is 3.54. The zero-order chi connectivity index (χ0) is 9.12. The second-order valence-corrected chi connectivity index (χ2v) is 8.44. The van der Waals surface area contributed by atoms with Crippen LogP contribution in [0.1, 0.15) is 20.8 Å². The number of hydrogen-bond acceptors (Lipinski definition) is 2. The Hall–Kier alpha value is 0.427. The molecule has 68 valence electrons. The maximum Gasteiger partial charge on any atom is 0.358 e. The first-order chi connectivity index (χ1) is 4.93. The van der Waals surface area contributed by atoms with E-state index < -0.39 is 8.56 Å². The first-order valence-electron chi connectivity index (χ1n) is 3.60. The predicted molar refractivity (Wildman–Crippen MR) is 50.2 cm³/mol. The Bertz CT molecular complexity index is 110. The largest absolute Gasteiger partial charge is 0.397 e. The van der Waals surface area contributed by atoms with Gasteiger partial charge in [0.05, 0.1) is 5.50 Å². The zero-order valence-electron chi connectivity index (χ0n) is 7.90. The number of alkyl halides is 1. The monoisotopic (exact) mass is 196 g/mol. The Morgan fingerprint density at radius 2 is 1.55 bits per heavy atom. The molecule has 0 heterocycles. The Kier molecular flexibility index (Phi) is 4.04. The molecule has 0 aromatic carbocycles. The van der Waals surface area contributed by atoms with Gasteiger partial charge in [0.15, 0.2) is 0 Å². The van der Waals surface area contributed by atoms with Crippen LogP contribution >= 0.6 is 11.6 Å². The van der Waals surface area contributed by atoms with Crippen molar-refractivity contribution >= 4 is 20.2 Å². The maximum absolute atomic E-state index is 5.82. The van der Waals surface area contributed by atoms with Crippen LogP contribution in [0.2, 0.25) is 5.04 Å². The van der Waals surface area contributed by atoms with E-state index >= 15 is 0 Å². The van der Waals surface area contributed by atoms with Crippen molar-refractivity contribution in [2.75, 3.05) is 19.7 Å². The highest BCUT2D eigenvalue weighted by atomic mass is 35.5.